The lowest BCUT2D eigenvalue weighted by Gasteiger charge is -2.21. The molecule has 0 heterocycles. The standard InChI is InChI=1S/C16H14N2O6S2/c1-17-23-24-25-11-7-3-5-9-13(11)15(19)10-6-4-8-12(14(10)16(9)20)26(21,22)18-2/h3-8,17-18H,1-2H3. The van der Waals surface area contributed by atoms with Gasteiger partial charge < -0.3 is 0 Å². The topological polar surface area (TPSA) is 111 Å². The van der Waals surface area contributed by atoms with E-state index in [4.69, 9.17) is 4.33 Å². The fourth-order valence-corrected chi connectivity index (χ4v) is 4.21. The van der Waals surface area contributed by atoms with Crippen LogP contribution in [0.3, 0.4) is 0 Å². The number of carbonyl (C=O) groups excluding carboxylic acids is 2. The molecule has 1 aliphatic carbocycles. The minimum absolute atomic E-state index is 0.0291. The van der Waals surface area contributed by atoms with Gasteiger partial charge in [0, 0.05) is 23.7 Å². The first-order chi connectivity index (χ1) is 12.4. The first kappa shape index (κ1) is 18.7. The number of hydrogen-bond donors (Lipinski definition) is 2. The van der Waals surface area contributed by atoms with Gasteiger partial charge in [0.2, 0.25) is 10.0 Å². The van der Waals surface area contributed by atoms with E-state index < -0.39 is 21.6 Å². The largest absolute Gasteiger partial charge is 0.289 e. The van der Waals surface area contributed by atoms with E-state index in [1.807, 2.05) is 0 Å². The molecule has 8 nitrogen and oxygen atoms in total. The van der Waals surface area contributed by atoms with Gasteiger partial charge in [0.15, 0.2) is 11.6 Å². The fourth-order valence-electron chi connectivity index (χ4n) is 2.67. The molecule has 3 rings (SSSR count). The predicted octanol–water partition coefficient (Wildman–Crippen LogP) is 1.46. The van der Waals surface area contributed by atoms with Crippen LogP contribution in [0.4, 0.5) is 0 Å². The van der Waals surface area contributed by atoms with Crippen LogP contribution in [0, 0.1) is 0 Å². The predicted molar refractivity (Wildman–Crippen MR) is 93.1 cm³/mol. The second-order valence-corrected chi connectivity index (χ2v) is 7.76. The minimum atomic E-state index is -3.91. The molecule has 10 heteroatoms. The molecule has 0 atom stereocenters. The molecule has 26 heavy (non-hydrogen) atoms. The van der Waals surface area contributed by atoms with E-state index in [0.717, 1.165) is 12.0 Å². The monoisotopic (exact) mass is 394 g/mol. The lowest BCUT2D eigenvalue weighted by atomic mass is 9.84. The Hall–Kier alpha value is -2.08. The molecule has 0 bridgehead atoms. The van der Waals surface area contributed by atoms with Crippen LogP contribution in [0.2, 0.25) is 0 Å². The van der Waals surface area contributed by atoms with Gasteiger partial charge in [-0.15, -0.1) is 9.32 Å². The van der Waals surface area contributed by atoms with Crippen LogP contribution in [-0.4, -0.2) is 34.1 Å². The van der Waals surface area contributed by atoms with Crippen molar-refractivity contribution in [3.63, 3.8) is 0 Å². The molecule has 0 spiro atoms. The summed E-state index contributed by atoms with van der Waals surface area (Å²) >= 11 is 0.766. The molecular weight excluding hydrogens is 380 g/mol. The molecular formula is C16H14N2O6S2. The Morgan fingerprint density at radius 1 is 0.923 bits per heavy atom. The van der Waals surface area contributed by atoms with Gasteiger partial charge in [0.1, 0.15) is 0 Å². The second kappa shape index (κ2) is 7.27. The average molecular weight is 394 g/mol. The van der Waals surface area contributed by atoms with Crippen LogP contribution >= 0.6 is 12.0 Å². The zero-order valence-electron chi connectivity index (χ0n) is 13.7. The summed E-state index contributed by atoms with van der Waals surface area (Å²) in [6, 6.07) is 8.81. The van der Waals surface area contributed by atoms with Crippen molar-refractivity contribution in [2.24, 2.45) is 0 Å². The van der Waals surface area contributed by atoms with E-state index in [1.54, 1.807) is 12.1 Å². The second-order valence-electron chi connectivity index (χ2n) is 5.16. The van der Waals surface area contributed by atoms with Gasteiger partial charge in [-0.05, 0) is 19.2 Å². The van der Waals surface area contributed by atoms with Gasteiger partial charge >= 0.3 is 0 Å². The summed E-state index contributed by atoms with van der Waals surface area (Å²) < 4.78 is 31.5. The van der Waals surface area contributed by atoms with Crippen molar-refractivity contribution >= 4 is 33.6 Å². The Balaban J connectivity index is 2.18. The smallest absolute Gasteiger partial charge is 0.241 e. The van der Waals surface area contributed by atoms with Gasteiger partial charge in [-0.2, -0.15) is 5.48 Å². The van der Waals surface area contributed by atoms with Gasteiger partial charge in [-0.3, -0.25) is 9.59 Å². The molecule has 136 valence electrons. The molecule has 0 aliphatic heterocycles. The number of ketones is 2. The molecule has 0 saturated carbocycles. The van der Waals surface area contributed by atoms with Crippen molar-refractivity contribution in [3.05, 3.63) is 58.7 Å². The molecule has 0 radical (unpaired) electrons. The van der Waals surface area contributed by atoms with Crippen molar-refractivity contribution < 1.29 is 27.3 Å². The van der Waals surface area contributed by atoms with E-state index in [2.05, 4.69) is 15.2 Å². The van der Waals surface area contributed by atoms with Crippen molar-refractivity contribution in [1.82, 2.24) is 10.2 Å². The molecule has 1 aliphatic rings. The highest BCUT2D eigenvalue weighted by molar-refractivity contribution is 7.94. The Bertz CT molecular complexity index is 1000. The Labute approximate surface area is 154 Å². The lowest BCUT2D eigenvalue weighted by molar-refractivity contribution is -0.237. The summed E-state index contributed by atoms with van der Waals surface area (Å²) in [5.74, 6) is -1.00. The lowest BCUT2D eigenvalue weighted by Crippen LogP contribution is -2.27. The van der Waals surface area contributed by atoms with Crippen molar-refractivity contribution in [2.75, 3.05) is 14.1 Å². The number of sulfonamides is 1. The van der Waals surface area contributed by atoms with Crippen LogP contribution in [-0.2, 0) is 19.3 Å². The number of carbonyl (C=O) groups is 2. The highest BCUT2D eigenvalue weighted by Crippen LogP contribution is 2.36. The number of benzene rings is 2. The third-order valence-corrected chi connectivity index (χ3v) is 5.91. The number of hydroxylamine groups is 1. The van der Waals surface area contributed by atoms with Gasteiger partial charge in [0.25, 0.3) is 0 Å². The van der Waals surface area contributed by atoms with Crippen molar-refractivity contribution in [3.8, 4) is 0 Å². The number of fused-ring (bicyclic) bond motifs is 2. The third kappa shape index (κ3) is 3.07. The third-order valence-electron chi connectivity index (χ3n) is 3.80. The highest BCUT2D eigenvalue weighted by Gasteiger charge is 2.36. The number of hydrogen-bond acceptors (Lipinski definition) is 8. The first-order valence-corrected chi connectivity index (χ1v) is 9.60. The summed E-state index contributed by atoms with van der Waals surface area (Å²) in [5.41, 5.74) is 2.47. The molecule has 0 saturated heterocycles. The van der Waals surface area contributed by atoms with Crippen molar-refractivity contribution in [1.29, 1.82) is 0 Å². The van der Waals surface area contributed by atoms with E-state index in [0.29, 0.717) is 4.90 Å². The molecule has 0 fully saturated rings. The summed E-state index contributed by atoms with van der Waals surface area (Å²) in [4.78, 5) is 30.7. The van der Waals surface area contributed by atoms with E-state index in [-0.39, 0.29) is 27.1 Å². The Morgan fingerprint density at radius 3 is 2.19 bits per heavy atom. The molecule has 2 aromatic carbocycles. The van der Waals surface area contributed by atoms with Crippen LogP contribution < -0.4 is 10.2 Å². The van der Waals surface area contributed by atoms with Crippen LogP contribution in [0.1, 0.15) is 31.8 Å². The van der Waals surface area contributed by atoms with Gasteiger partial charge in [-0.1, -0.05) is 24.3 Å². The molecule has 2 aromatic rings. The summed E-state index contributed by atoms with van der Waals surface area (Å²) in [7, 11) is -1.17. The zero-order chi connectivity index (χ0) is 18.9. The summed E-state index contributed by atoms with van der Waals surface area (Å²) in [6.07, 6.45) is 0. The maximum absolute atomic E-state index is 13.0. The highest BCUT2D eigenvalue weighted by atomic mass is 32.2. The Morgan fingerprint density at radius 2 is 1.54 bits per heavy atom. The van der Waals surface area contributed by atoms with Crippen molar-refractivity contribution in [2.45, 2.75) is 9.79 Å². The average Bonchev–Trinajstić information content (AvgIpc) is 2.65. The van der Waals surface area contributed by atoms with Gasteiger partial charge in [0.05, 0.1) is 27.4 Å². The maximum atomic E-state index is 13.0. The maximum Gasteiger partial charge on any atom is 0.241 e. The molecule has 2 N–H and O–H groups in total. The SMILES string of the molecule is CNOOSc1cccc2c1C(=O)c1cccc(S(=O)(=O)NC)c1C2=O. The van der Waals surface area contributed by atoms with E-state index in [1.165, 1.54) is 38.4 Å². The van der Waals surface area contributed by atoms with E-state index in [9.17, 15) is 18.0 Å². The summed E-state index contributed by atoms with van der Waals surface area (Å²) in [6.45, 7) is 0. The molecule has 0 unspecified atom stereocenters. The zero-order valence-corrected chi connectivity index (χ0v) is 15.4. The van der Waals surface area contributed by atoms with Gasteiger partial charge in [-0.25, -0.2) is 13.1 Å². The Kier molecular flexibility index (Phi) is 5.23. The van der Waals surface area contributed by atoms with Crippen LogP contribution in [0.5, 0.6) is 0 Å². The van der Waals surface area contributed by atoms with E-state index >= 15 is 0 Å². The normalized spacial score (nSPS) is 13.5. The number of nitrogens with one attached hydrogen (secondary N) is 2. The summed E-state index contributed by atoms with van der Waals surface area (Å²) in [5, 5.41) is 0. The fraction of sp³-hybridized carbons (Fsp3) is 0.125. The quantitative estimate of drug-likeness (QED) is 0.280. The molecule has 0 amide bonds. The van der Waals surface area contributed by atoms with Crippen LogP contribution in [0.25, 0.3) is 0 Å². The minimum Gasteiger partial charge on any atom is -0.289 e. The first-order valence-electron chi connectivity index (χ1n) is 7.38. The number of rotatable bonds is 6. The molecule has 0 aromatic heterocycles. The van der Waals surface area contributed by atoms with Crippen LogP contribution in [0.15, 0.2) is 46.2 Å².